The van der Waals surface area contributed by atoms with Gasteiger partial charge in [-0.05, 0) is 59.9 Å². The van der Waals surface area contributed by atoms with Crippen molar-refractivity contribution in [1.82, 2.24) is 5.32 Å². The van der Waals surface area contributed by atoms with Crippen molar-refractivity contribution in [3.8, 4) is 11.1 Å². The normalized spacial score (nSPS) is 14.3. The van der Waals surface area contributed by atoms with Gasteiger partial charge in [0, 0.05) is 24.0 Å². The van der Waals surface area contributed by atoms with E-state index < -0.39 is 0 Å². The predicted molar refractivity (Wildman–Crippen MR) is 108 cm³/mol. The van der Waals surface area contributed by atoms with E-state index in [1.807, 2.05) is 18.2 Å². The molecule has 1 amide bonds. The van der Waals surface area contributed by atoms with Crippen LogP contribution >= 0.6 is 0 Å². The van der Waals surface area contributed by atoms with Gasteiger partial charge < -0.3 is 11.1 Å². The van der Waals surface area contributed by atoms with Crippen LogP contribution in [-0.4, -0.2) is 18.2 Å². The molecule has 0 aromatic heterocycles. The zero-order valence-corrected chi connectivity index (χ0v) is 15.0. The van der Waals surface area contributed by atoms with E-state index >= 15 is 0 Å². The van der Waals surface area contributed by atoms with E-state index in [2.05, 4.69) is 16.9 Å². The highest BCUT2D eigenvalue weighted by molar-refractivity contribution is 5.88. The minimum Gasteiger partial charge on any atom is -0.398 e. The van der Waals surface area contributed by atoms with Crippen molar-refractivity contribution in [1.29, 1.82) is 0 Å². The molecular formula is C22H22FN3O. The van der Waals surface area contributed by atoms with Crippen molar-refractivity contribution in [2.75, 3.05) is 0 Å². The van der Waals surface area contributed by atoms with Crippen molar-refractivity contribution in [2.24, 2.45) is 10.7 Å². The summed E-state index contributed by atoms with van der Waals surface area (Å²) in [4.78, 5) is 15.9. The van der Waals surface area contributed by atoms with Crippen LogP contribution in [0.2, 0.25) is 0 Å². The number of nitrogens with zero attached hydrogens (tertiary/aromatic N) is 1. The summed E-state index contributed by atoms with van der Waals surface area (Å²) in [5, 5.41) is 2.77. The summed E-state index contributed by atoms with van der Waals surface area (Å²) in [7, 11) is 0. The van der Waals surface area contributed by atoms with Crippen molar-refractivity contribution in [2.45, 2.75) is 25.4 Å². The number of amides is 1. The topological polar surface area (TPSA) is 67.5 Å². The molecule has 0 atom stereocenters. The number of carbonyl (C=O) groups is 1. The smallest absolute Gasteiger partial charge is 0.243 e. The Bertz CT molecular complexity index is 896. The number of hydrogen-bond acceptors (Lipinski definition) is 3. The maximum absolute atomic E-state index is 13.2. The number of aliphatic imine (C=N–C) groups is 1. The van der Waals surface area contributed by atoms with Gasteiger partial charge in [0.25, 0.3) is 0 Å². The zero-order chi connectivity index (χ0) is 19.2. The Morgan fingerprint density at radius 3 is 2.59 bits per heavy atom. The molecule has 0 spiro atoms. The highest BCUT2D eigenvalue weighted by Gasteiger charge is 2.18. The summed E-state index contributed by atoms with van der Waals surface area (Å²) in [6, 6.07) is 12.5. The molecule has 1 aliphatic rings. The molecule has 3 rings (SSSR count). The third kappa shape index (κ3) is 5.14. The Morgan fingerprint density at radius 2 is 1.93 bits per heavy atom. The number of carbonyl (C=O) groups excluding carboxylic acids is 1. The molecule has 4 nitrogen and oxygen atoms in total. The molecule has 1 aliphatic carbocycles. The fourth-order valence-electron chi connectivity index (χ4n) is 2.63. The molecule has 0 saturated heterocycles. The summed E-state index contributed by atoms with van der Waals surface area (Å²) >= 11 is 0. The summed E-state index contributed by atoms with van der Waals surface area (Å²) in [6.07, 6.45) is 7.00. The predicted octanol–water partition coefficient (Wildman–Crippen LogP) is 3.83. The molecule has 138 valence electrons. The van der Waals surface area contributed by atoms with Crippen molar-refractivity contribution in [3.63, 3.8) is 0 Å². The average Bonchev–Trinajstić information content (AvgIpc) is 3.51. The largest absolute Gasteiger partial charge is 0.398 e. The van der Waals surface area contributed by atoms with Crippen LogP contribution in [0.3, 0.4) is 0 Å². The molecular weight excluding hydrogens is 341 g/mol. The SMILES string of the molecule is C=CC(=O)NCc1ccc(-c2ccc(F)cc2)cc1/C(N)=C/C=NC1CC1. The monoisotopic (exact) mass is 363 g/mol. The van der Waals surface area contributed by atoms with Gasteiger partial charge in [-0.2, -0.15) is 0 Å². The van der Waals surface area contributed by atoms with E-state index in [4.69, 9.17) is 5.73 Å². The molecule has 0 unspecified atom stereocenters. The summed E-state index contributed by atoms with van der Waals surface area (Å²) < 4.78 is 13.2. The standard InChI is InChI=1S/C22H22FN3O/c1-2-22(27)26-14-17-4-3-16(15-5-7-18(23)8-6-15)13-20(17)21(24)11-12-25-19-9-10-19/h2-8,11-13,19H,1,9-10,14,24H2,(H,26,27)/b21-11-,25-12?. The molecule has 5 heteroatoms. The third-order valence-corrected chi connectivity index (χ3v) is 4.33. The van der Waals surface area contributed by atoms with Gasteiger partial charge in [-0.25, -0.2) is 4.39 Å². The lowest BCUT2D eigenvalue weighted by Gasteiger charge is -2.13. The Hall–Kier alpha value is -3.21. The molecule has 1 fully saturated rings. The van der Waals surface area contributed by atoms with Crippen molar-refractivity contribution < 1.29 is 9.18 Å². The quantitative estimate of drug-likeness (QED) is 0.580. The first kappa shape index (κ1) is 18.6. The Kier molecular flexibility index (Phi) is 5.81. The lowest BCUT2D eigenvalue weighted by molar-refractivity contribution is -0.116. The Balaban J connectivity index is 1.92. The minimum absolute atomic E-state index is 0.249. The summed E-state index contributed by atoms with van der Waals surface area (Å²) in [5.41, 5.74) is 10.3. The van der Waals surface area contributed by atoms with Gasteiger partial charge in [0.05, 0.1) is 6.04 Å². The second-order valence-electron chi connectivity index (χ2n) is 6.45. The first-order valence-electron chi connectivity index (χ1n) is 8.85. The van der Waals surface area contributed by atoms with Gasteiger partial charge in [-0.15, -0.1) is 0 Å². The number of benzene rings is 2. The second kappa shape index (κ2) is 8.45. The first-order valence-corrected chi connectivity index (χ1v) is 8.85. The lowest BCUT2D eigenvalue weighted by atomic mass is 9.97. The van der Waals surface area contributed by atoms with Gasteiger partial charge in [0.1, 0.15) is 5.82 Å². The number of nitrogens with two attached hydrogens (primary N) is 1. The van der Waals surface area contributed by atoms with Crippen LogP contribution in [0.4, 0.5) is 4.39 Å². The van der Waals surface area contributed by atoms with Crippen LogP contribution in [0.15, 0.2) is 66.2 Å². The van der Waals surface area contributed by atoms with Gasteiger partial charge in [0.2, 0.25) is 5.91 Å². The maximum atomic E-state index is 13.2. The third-order valence-electron chi connectivity index (χ3n) is 4.33. The fourth-order valence-corrected chi connectivity index (χ4v) is 2.63. The highest BCUT2D eigenvalue weighted by atomic mass is 19.1. The molecule has 2 aromatic rings. The molecule has 0 radical (unpaired) electrons. The molecule has 1 saturated carbocycles. The number of halogens is 1. The van der Waals surface area contributed by atoms with Gasteiger partial charge in [0.15, 0.2) is 0 Å². The fraction of sp³-hybridized carbons (Fsp3) is 0.182. The molecule has 27 heavy (non-hydrogen) atoms. The zero-order valence-electron chi connectivity index (χ0n) is 15.0. The number of nitrogens with one attached hydrogen (secondary N) is 1. The van der Waals surface area contributed by atoms with Crippen molar-refractivity contribution >= 4 is 17.8 Å². The number of rotatable bonds is 7. The summed E-state index contributed by atoms with van der Waals surface area (Å²) in [6.45, 7) is 3.79. The van der Waals surface area contributed by atoms with E-state index in [0.717, 1.165) is 35.1 Å². The van der Waals surface area contributed by atoms with Crippen LogP contribution in [0.25, 0.3) is 16.8 Å². The first-order chi connectivity index (χ1) is 13.1. The summed E-state index contributed by atoms with van der Waals surface area (Å²) in [5.74, 6) is -0.528. The average molecular weight is 363 g/mol. The molecule has 0 aliphatic heterocycles. The van der Waals surface area contributed by atoms with Gasteiger partial charge in [-0.3, -0.25) is 9.79 Å². The molecule has 0 heterocycles. The van der Waals surface area contributed by atoms with Crippen LogP contribution in [0, 0.1) is 5.82 Å². The van der Waals surface area contributed by atoms with Crippen LogP contribution in [0.1, 0.15) is 24.0 Å². The van der Waals surface area contributed by atoms with Crippen molar-refractivity contribution in [3.05, 3.63) is 78.1 Å². The molecule has 2 aromatic carbocycles. The van der Waals surface area contributed by atoms with Crippen LogP contribution < -0.4 is 11.1 Å². The van der Waals surface area contributed by atoms with E-state index in [1.165, 1.54) is 18.2 Å². The number of hydrogen-bond donors (Lipinski definition) is 2. The second-order valence-corrected chi connectivity index (χ2v) is 6.45. The number of allylic oxidation sites excluding steroid dienone is 1. The Morgan fingerprint density at radius 1 is 1.22 bits per heavy atom. The maximum Gasteiger partial charge on any atom is 0.243 e. The van der Waals surface area contributed by atoms with E-state index in [-0.39, 0.29) is 11.7 Å². The van der Waals surface area contributed by atoms with Crippen LogP contribution in [-0.2, 0) is 11.3 Å². The van der Waals surface area contributed by atoms with Crippen LogP contribution in [0.5, 0.6) is 0 Å². The van der Waals surface area contributed by atoms with E-state index in [1.54, 1.807) is 24.4 Å². The van der Waals surface area contributed by atoms with Gasteiger partial charge >= 0.3 is 0 Å². The minimum atomic E-state index is -0.279. The molecule has 3 N–H and O–H groups in total. The molecule has 0 bridgehead atoms. The lowest BCUT2D eigenvalue weighted by Crippen LogP contribution is -2.21. The van der Waals surface area contributed by atoms with E-state index in [9.17, 15) is 9.18 Å². The van der Waals surface area contributed by atoms with E-state index in [0.29, 0.717) is 18.3 Å². The Labute approximate surface area is 158 Å². The van der Waals surface area contributed by atoms with Gasteiger partial charge in [-0.1, -0.05) is 30.8 Å². The highest BCUT2D eigenvalue weighted by Crippen LogP contribution is 2.26.